The number of halogens is 4. The summed E-state index contributed by atoms with van der Waals surface area (Å²) in [5, 5.41) is 0. The van der Waals surface area contributed by atoms with Crippen molar-refractivity contribution >= 4 is 21.7 Å². The standard InChI is InChI=1S/C15H10BrF3O/c1-8-2-3-10(17)6-9(8)7-13(20)11-4-5-12(18)15(19)14(11)16/h2-6H,7H2,1H3. The van der Waals surface area contributed by atoms with E-state index in [0.29, 0.717) is 5.56 Å². The van der Waals surface area contributed by atoms with Crippen molar-refractivity contribution in [3.63, 3.8) is 0 Å². The van der Waals surface area contributed by atoms with Crippen LogP contribution in [-0.4, -0.2) is 5.78 Å². The Kier molecular flexibility index (Phi) is 4.28. The number of benzene rings is 2. The van der Waals surface area contributed by atoms with Crippen molar-refractivity contribution in [1.29, 1.82) is 0 Å². The molecular weight excluding hydrogens is 333 g/mol. The van der Waals surface area contributed by atoms with Crippen molar-refractivity contribution in [3.8, 4) is 0 Å². The molecule has 104 valence electrons. The van der Waals surface area contributed by atoms with Gasteiger partial charge in [0.1, 0.15) is 5.82 Å². The van der Waals surface area contributed by atoms with Crippen LogP contribution in [0.4, 0.5) is 13.2 Å². The fourth-order valence-corrected chi connectivity index (χ4v) is 2.38. The molecule has 0 N–H and O–H groups in total. The highest BCUT2D eigenvalue weighted by molar-refractivity contribution is 9.10. The monoisotopic (exact) mass is 342 g/mol. The minimum Gasteiger partial charge on any atom is -0.294 e. The maximum atomic E-state index is 13.4. The van der Waals surface area contributed by atoms with Crippen molar-refractivity contribution in [3.05, 3.63) is 68.9 Å². The maximum absolute atomic E-state index is 13.4. The van der Waals surface area contributed by atoms with Gasteiger partial charge < -0.3 is 0 Å². The molecule has 0 atom stereocenters. The summed E-state index contributed by atoms with van der Waals surface area (Å²) < 4.78 is 39.4. The SMILES string of the molecule is Cc1ccc(F)cc1CC(=O)c1ccc(F)c(F)c1Br. The van der Waals surface area contributed by atoms with Crippen molar-refractivity contribution < 1.29 is 18.0 Å². The molecule has 1 nitrogen and oxygen atoms in total. The number of aryl methyl sites for hydroxylation is 1. The van der Waals surface area contributed by atoms with E-state index in [9.17, 15) is 18.0 Å². The summed E-state index contributed by atoms with van der Waals surface area (Å²) >= 11 is 2.87. The Balaban J connectivity index is 2.33. The zero-order valence-corrected chi connectivity index (χ0v) is 12.1. The second kappa shape index (κ2) is 5.79. The van der Waals surface area contributed by atoms with Gasteiger partial charge in [0, 0.05) is 12.0 Å². The third-order valence-electron chi connectivity index (χ3n) is 3.00. The Hall–Kier alpha value is -1.62. The van der Waals surface area contributed by atoms with Crippen LogP contribution >= 0.6 is 15.9 Å². The molecule has 0 saturated heterocycles. The van der Waals surface area contributed by atoms with Gasteiger partial charge in [0.15, 0.2) is 17.4 Å². The number of hydrogen-bond acceptors (Lipinski definition) is 1. The number of ketones is 1. The van der Waals surface area contributed by atoms with Crippen LogP contribution in [0, 0.1) is 24.4 Å². The Labute approximate surface area is 122 Å². The molecule has 0 aliphatic carbocycles. The van der Waals surface area contributed by atoms with E-state index < -0.39 is 23.2 Å². The first kappa shape index (κ1) is 14.8. The van der Waals surface area contributed by atoms with Crippen LogP contribution in [0.2, 0.25) is 0 Å². The van der Waals surface area contributed by atoms with Gasteiger partial charge >= 0.3 is 0 Å². The summed E-state index contributed by atoms with van der Waals surface area (Å²) in [4.78, 5) is 12.1. The van der Waals surface area contributed by atoms with Gasteiger partial charge in [-0.3, -0.25) is 4.79 Å². The first-order chi connectivity index (χ1) is 9.40. The van der Waals surface area contributed by atoms with Gasteiger partial charge in [0.2, 0.25) is 0 Å². The van der Waals surface area contributed by atoms with Crippen LogP contribution in [0.5, 0.6) is 0 Å². The second-order valence-corrected chi connectivity index (χ2v) is 5.19. The predicted octanol–water partition coefficient (Wildman–Crippen LogP) is 4.60. The minimum atomic E-state index is -1.10. The average molecular weight is 343 g/mol. The zero-order valence-electron chi connectivity index (χ0n) is 10.5. The van der Waals surface area contributed by atoms with Gasteiger partial charge in [-0.1, -0.05) is 6.07 Å². The van der Waals surface area contributed by atoms with E-state index in [2.05, 4.69) is 15.9 Å². The molecule has 0 aromatic heterocycles. The van der Waals surface area contributed by atoms with Crippen LogP contribution in [0.1, 0.15) is 21.5 Å². The molecule has 0 amide bonds. The lowest BCUT2D eigenvalue weighted by molar-refractivity contribution is 0.0991. The van der Waals surface area contributed by atoms with Gasteiger partial charge in [-0.05, 0) is 58.2 Å². The van der Waals surface area contributed by atoms with Gasteiger partial charge in [-0.25, -0.2) is 13.2 Å². The Morgan fingerprint density at radius 3 is 2.55 bits per heavy atom. The summed E-state index contributed by atoms with van der Waals surface area (Å²) in [7, 11) is 0. The second-order valence-electron chi connectivity index (χ2n) is 4.39. The van der Waals surface area contributed by atoms with E-state index in [1.165, 1.54) is 18.2 Å². The molecule has 0 bridgehead atoms. The highest BCUT2D eigenvalue weighted by atomic mass is 79.9. The molecule has 0 saturated carbocycles. The van der Waals surface area contributed by atoms with Crippen LogP contribution in [0.3, 0.4) is 0 Å². The average Bonchev–Trinajstić information content (AvgIpc) is 2.40. The van der Waals surface area contributed by atoms with E-state index in [-0.39, 0.29) is 16.5 Å². The van der Waals surface area contributed by atoms with Crippen LogP contribution in [-0.2, 0) is 6.42 Å². The molecule has 0 aliphatic rings. The molecule has 2 aromatic rings. The number of hydrogen-bond donors (Lipinski definition) is 0. The van der Waals surface area contributed by atoms with Crippen molar-refractivity contribution in [2.75, 3.05) is 0 Å². The molecule has 0 aliphatic heterocycles. The van der Waals surface area contributed by atoms with E-state index in [0.717, 1.165) is 11.6 Å². The van der Waals surface area contributed by atoms with E-state index >= 15 is 0 Å². The summed E-state index contributed by atoms with van der Waals surface area (Å²) in [6.07, 6.45) is -0.0761. The smallest absolute Gasteiger partial charge is 0.173 e. The van der Waals surface area contributed by atoms with E-state index in [4.69, 9.17) is 0 Å². The minimum absolute atomic E-state index is 0.0348. The molecule has 0 radical (unpaired) electrons. The first-order valence-electron chi connectivity index (χ1n) is 5.82. The normalized spacial score (nSPS) is 10.7. The number of carbonyl (C=O) groups is 1. The van der Waals surface area contributed by atoms with Gasteiger partial charge in [-0.15, -0.1) is 0 Å². The number of rotatable bonds is 3. The number of Topliss-reactive ketones (excluding diaryl/α,β-unsaturated/α-hetero) is 1. The Bertz CT molecular complexity index is 683. The zero-order chi connectivity index (χ0) is 14.9. The summed E-state index contributed by atoms with van der Waals surface area (Å²) in [5.74, 6) is -2.99. The van der Waals surface area contributed by atoms with Gasteiger partial charge in [0.05, 0.1) is 4.47 Å². The highest BCUT2D eigenvalue weighted by Crippen LogP contribution is 2.25. The lowest BCUT2D eigenvalue weighted by atomic mass is 9.99. The lowest BCUT2D eigenvalue weighted by Gasteiger charge is -2.08. The van der Waals surface area contributed by atoms with Gasteiger partial charge in [-0.2, -0.15) is 0 Å². The fraction of sp³-hybridized carbons (Fsp3) is 0.133. The largest absolute Gasteiger partial charge is 0.294 e. The topological polar surface area (TPSA) is 17.1 Å². The highest BCUT2D eigenvalue weighted by Gasteiger charge is 2.17. The molecule has 0 heterocycles. The summed E-state index contributed by atoms with van der Waals surface area (Å²) in [5.41, 5.74) is 1.32. The Morgan fingerprint density at radius 1 is 1.15 bits per heavy atom. The molecule has 0 spiro atoms. The molecule has 0 fully saturated rings. The number of carbonyl (C=O) groups excluding carboxylic acids is 1. The van der Waals surface area contributed by atoms with Crippen LogP contribution in [0.15, 0.2) is 34.8 Å². The van der Waals surface area contributed by atoms with E-state index in [1.807, 2.05) is 0 Å². The van der Waals surface area contributed by atoms with E-state index in [1.54, 1.807) is 13.0 Å². The van der Waals surface area contributed by atoms with Crippen LogP contribution in [0.25, 0.3) is 0 Å². The third-order valence-corrected chi connectivity index (χ3v) is 3.77. The lowest BCUT2D eigenvalue weighted by Crippen LogP contribution is -2.07. The van der Waals surface area contributed by atoms with Crippen molar-refractivity contribution in [1.82, 2.24) is 0 Å². The maximum Gasteiger partial charge on any atom is 0.173 e. The van der Waals surface area contributed by atoms with Crippen molar-refractivity contribution in [2.24, 2.45) is 0 Å². The summed E-state index contributed by atoms with van der Waals surface area (Å²) in [6, 6.07) is 6.24. The molecule has 5 heteroatoms. The molecule has 20 heavy (non-hydrogen) atoms. The van der Waals surface area contributed by atoms with Crippen molar-refractivity contribution in [2.45, 2.75) is 13.3 Å². The van der Waals surface area contributed by atoms with Gasteiger partial charge in [0.25, 0.3) is 0 Å². The molecule has 2 rings (SSSR count). The third kappa shape index (κ3) is 2.93. The molecule has 2 aromatic carbocycles. The quantitative estimate of drug-likeness (QED) is 0.588. The molecular formula is C15H10BrF3O. The molecule has 0 unspecified atom stereocenters. The fourth-order valence-electron chi connectivity index (χ4n) is 1.84. The Morgan fingerprint density at radius 2 is 1.85 bits per heavy atom. The summed E-state index contributed by atoms with van der Waals surface area (Å²) in [6.45, 7) is 1.75. The van der Waals surface area contributed by atoms with Crippen LogP contribution < -0.4 is 0 Å². The first-order valence-corrected chi connectivity index (χ1v) is 6.61. The predicted molar refractivity (Wildman–Crippen MR) is 73.2 cm³/mol.